The number of anilines is 1. The summed E-state index contributed by atoms with van der Waals surface area (Å²) in [6.07, 6.45) is 4.82. The van der Waals surface area contributed by atoms with Crippen molar-refractivity contribution in [3.63, 3.8) is 0 Å². The van der Waals surface area contributed by atoms with E-state index in [1.165, 1.54) is 18.2 Å². The molecule has 0 aliphatic carbocycles. The fraction of sp³-hybridized carbons (Fsp3) is 0.273. The minimum atomic E-state index is -3.62. The lowest BCUT2D eigenvalue weighted by Crippen LogP contribution is -2.33. The van der Waals surface area contributed by atoms with Crippen molar-refractivity contribution in [2.45, 2.75) is 30.8 Å². The van der Waals surface area contributed by atoms with Crippen molar-refractivity contribution in [1.82, 2.24) is 10.0 Å². The molecule has 1 fully saturated rings. The third-order valence-corrected chi connectivity index (χ3v) is 6.33. The van der Waals surface area contributed by atoms with Gasteiger partial charge in [-0.2, -0.15) is 0 Å². The maximum Gasteiger partial charge on any atom is 0.250 e. The van der Waals surface area contributed by atoms with Gasteiger partial charge in [-0.1, -0.05) is 29.8 Å². The van der Waals surface area contributed by atoms with Gasteiger partial charge in [-0.3, -0.25) is 10.1 Å². The van der Waals surface area contributed by atoms with Crippen LogP contribution in [0.25, 0.3) is 6.08 Å². The Balaban J connectivity index is 1.49. The molecule has 1 heterocycles. The number of thiocarbonyl (C=S) groups is 1. The van der Waals surface area contributed by atoms with E-state index in [-0.39, 0.29) is 28.6 Å². The van der Waals surface area contributed by atoms with E-state index < -0.39 is 10.0 Å². The summed E-state index contributed by atoms with van der Waals surface area (Å²) in [5.41, 5.74) is 2.61. The number of hydrogen-bond donors (Lipinski definition) is 3. The van der Waals surface area contributed by atoms with Gasteiger partial charge in [0.05, 0.1) is 11.0 Å². The molecule has 9 heteroatoms. The van der Waals surface area contributed by atoms with Crippen molar-refractivity contribution in [3.05, 3.63) is 65.7 Å². The number of ether oxygens (including phenoxy) is 1. The van der Waals surface area contributed by atoms with Crippen molar-refractivity contribution >= 4 is 45.0 Å². The first kappa shape index (κ1) is 23.1. The molecule has 31 heavy (non-hydrogen) atoms. The summed E-state index contributed by atoms with van der Waals surface area (Å²) < 4.78 is 32.8. The maximum atomic E-state index is 12.4. The first-order chi connectivity index (χ1) is 14.8. The van der Waals surface area contributed by atoms with Crippen molar-refractivity contribution in [1.29, 1.82) is 0 Å². The van der Waals surface area contributed by atoms with Crippen LogP contribution in [-0.4, -0.2) is 38.7 Å². The van der Waals surface area contributed by atoms with Crippen LogP contribution in [-0.2, 0) is 19.6 Å². The molecule has 0 bridgehead atoms. The van der Waals surface area contributed by atoms with Gasteiger partial charge < -0.3 is 10.1 Å². The number of amides is 1. The number of carbonyl (C=O) groups is 1. The quantitative estimate of drug-likeness (QED) is 0.435. The fourth-order valence-corrected chi connectivity index (χ4v) is 4.26. The lowest BCUT2D eigenvalue weighted by Gasteiger charge is -2.12. The molecule has 0 spiro atoms. The highest BCUT2D eigenvalue weighted by Crippen LogP contribution is 2.16. The monoisotopic (exact) mass is 459 g/mol. The second-order valence-corrected chi connectivity index (χ2v) is 9.37. The number of sulfonamides is 1. The van der Waals surface area contributed by atoms with Gasteiger partial charge in [-0.05, 0) is 67.9 Å². The van der Waals surface area contributed by atoms with Gasteiger partial charge in [-0.15, -0.1) is 0 Å². The Labute approximate surface area is 187 Å². The molecule has 1 saturated heterocycles. The van der Waals surface area contributed by atoms with Crippen LogP contribution in [0.4, 0.5) is 5.69 Å². The van der Waals surface area contributed by atoms with E-state index >= 15 is 0 Å². The zero-order chi connectivity index (χ0) is 22.3. The van der Waals surface area contributed by atoms with Gasteiger partial charge in [0.25, 0.3) is 0 Å². The zero-order valence-electron chi connectivity index (χ0n) is 17.1. The molecular formula is C22H25N3O4S2. The molecule has 0 aromatic heterocycles. The Bertz CT molecular complexity index is 1040. The van der Waals surface area contributed by atoms with Gasteiger partial charge in [0.2, 0.25) is 15.9 Å². The number of hydrogen-bond acceptors (Lipinski definition) is 5. The van der Waals surface area contributed by atoms with Crippen LogP contribution in [0.5, 0.6) is 0 Å². The average Bonchev–Trinajstić information content (AvgIpc) is 3.26. The highest BCUT2D eigenvalue weighted by atomic mass is 32.2. The first-order valence-electron chi connectivity index (χ1n) is 9.90. The Kier molecular flexibility index (Phi) is 7.91. The third-order valence-electron chi connectivity index (χ3n) is 4.69. The van der Waals surface area contributed by atoms with Crippen molar-refractivity contribution in [2.75, 3.05) is 18.5 Å². The smallest absolute Gasteiger partial charge is 0.250 e. The number of rotatable bonds is 7. The zero-order valence-corrected chi connectivity index (χ0v) is 18.8. The van der Waals surface area contributed by atoms with Crippen molar-refractivity contribution in [2.24, 2.45) is 0 Å². The van der Waals surface area contributed by atoms with Crippen LogP contribution in [0, 0.1) is 6.92 Å². The molecule has 1 aliphatic heterocycles. The summed E-state index contributed by atoms with van der Waals surface area (Å²) in [4.78, 5) is 12.2. The molecule has 2 aromatic carbocycles. The molecule has 2 aromatic rings. The van der Waals surface area contributed by atoms with Crippen LogP contribution >= 0.6 is 12.2 Å². The Morgan fingerprint density at radius 2 is 1.87 bits per heavy atom. The maximum absolute atomic E-state index is 12.4. The molecule has 164 valence electrons. The third kappa shape index (κ3) is 7.25. The Hall–Kier alpha value is -2.59. The second kappa shape index (κ2) is 10.6. The lowest BCUT2D eigenvalue weighted by atomic mass is 10.1. The number of carbonyl (C=O) groups excluding carboxylic acids is 1. The van der Waals surface area contributed by atoms with Crippen LogP contribution in [0.3, 0.4) is 0 Å². The number of nitrogens with one attached hydrogen (secondary N) is 3. The molecular weight excluding hydrogens is 434 g/mol. The summed E-state index contributed by atoms with van der Waals surface area (Å²) in [6.45, 7) is 2.92. The Morgan fingerprint density at radius 3 is 2.52 bits per heavy atom. The molecule has 7 nitrogen and oxygen atoms in total. The molecule has 1 amide bonds. The number of benzene rings is 2. The normalized spacial score (nSPS) is 16.4. The van der Waals surface area contributed by atoms with Gasteiger partial charge in [0.1, 0.15) is 0 Å². The standard InChI is InChI=1S/C22H25N3O4S2/c1-16-4-6-17(7-5-16)8-13-21(26)25-22(30)24-18-9-11-20(12-10-18)31(27,28)23-15-19-3-2-14-29-19/h4-13,19,23H,2-3,14-15H2,1H3,(H2,24,25,26,30)/b13-8+. The van der Waals surface area contributed by atoms with Crippen LogP contribution in [0.1, 0.15) is 24.0 Å². The molecule has 3 rings (SSSR count). The largest absolute Gasteiger partial charge is 0.377 e. The summed E-state index contributed by atoms with van der Waals surface area (Å²) >= 11 is 5.15. The van der Waals surface area contributed by atoms with Gasteiger partial charge >= 0.3 is 0 Å². The van der Waals surface area contributed by atoms with Crippen LogP contribution < -0.4 is 15.4 Å². The lowest BCUT2D eigenvalue weighted by molar-refractivity contribution is -0.115. The van der Waals surface area contributed by atoms with Crippen molar-refractivity contribution < 1.29 is 17.9 Å². The Morgan fingerprint density at radius 1 is 1.16 bits per heavy atom. The van der Waals surface area contributed by atoms with Crippen molar-refractivity contribution in [3.8, 4) is 0 Å². The minimum Gasteiger partial charge on any atom is -0.377 e. The van der Waals surface area contributed by atoms with Gasteiger partial charge in [0, 0.05) is 24.9 Å². The van der Waals surface area contributed by atoms with Crippen LogP contribution in [0.15, 0.2) is 59.5 Å². The van der Waals surface area contributed by atoms with E-state index in [4.69, 9.17) is 17.0 Å². The number of aryl methyl sites for hydroxylation is 1. The average molecular weight is 460 g/mol. The van der Waals surface area contributed by atoms with E-state index in [0.29, 0.717) is 12.3 Å². The van der Waals surface area contributed by atoms with E-state index in [0.717, 1.165) is 24.0 Å². The van der Waals surface area contributed by atoms with Crippen LogP contribution in [0.2, 0.25) is 0 Å². The fourth-order valence-electron chi connectivity index (χ4n) is 2.97. The summed E-state index contributed by atoms with van der Waals surface area (Å²) in [7, 11) is -3.62. The topological polar surface area (TPSA) is 96.5 Å². The summed E-state index contributed by atoms with van der Waals surface area (Å²) in [5.74, 6) is -0.365. The molecule has 0 radical (unpaired) electrons. The molecule has 1 aliphatic rings. The SMILES string of the molecule is Cc1ccc(/C=C/C(=O)NC(=S)Nc2ccc(S(=O)(=O)NCC3CCCO3)cc2)cc1. The molecule has 1 atom stereocenters. The summed E-state index contributed by atoms with van der Waals surface area (Å²) in [5, 5.41) is 5.54. The predicted molar refractivity (Wildman–Crippen MR) is 125 cm³/mol. The minimum absolute atomic E-state index is 0.0724. The predicted octanol–water partition coefficient (Wildman–Crippen LogP) is 2.98. The second-order valence-electron chi connectivity index (χ2n) is 7.20. The van der Waals surface area contributed by atoms with E-state index in [1.54, 1.807) is 18.2 Å². The summed E-state index contributed by atoms with van der Waals surface area (Å²) in [6, 6.07) is 13.9. The van der Waals surface area contributed by atoms with Gasteiger partial charge in [-0.25, -0.2) is 13.1 Å². The molecule has 3 N–H and O–H groups in total. The highest BCUT2D eigenvalue weighted by molar-refractivity contribution is 7.89. The highest BCUT2D eigenvalue weighted by Gasteiger charge is 2.20. The molecule has 0 saturated carbocycles. The van der Waals surface area contributed by atoms with E-state index in [9.17, 15) is 13.2 Å². The first-order valence-corrected chi connectivity index (χ1v) is 11.8. The van der Waals surface area contributed by atoms with E-state index in [1.807, 2.05) is 31.2 Å². The van der Waals surface area contributed by atoms with Gasteiger partial charge in [0.15, 0.2) is 5.11 Å². The molecule has 1 unspecified atom stereocenters. The van der Waals surface area contributed by atoms with E-state index in [2.05, 4.69) is 15.4 Å².